The van der Waals surface area contributed by atoms with Crippen molar-refractivity contribution in [3.05, 3.63) is 170 Å². The van der Waals surface area contributed by atoms with Crippen molar-refractivity contribution in [1.82, 2.24) is 0 Å². The Balaban J connectivity index is 1.15. The molecule has 2 aliphatic rings. The van der Waals surface area contributed by atoms with Crippen LogP contribution in [0.2, 0.25) is 0 Å². The normalized spacial score (nSPS) is 12.6. The van der Waals surface area contributed by atoms with Crippen LogP contribution in [0.1, 0.15) is 0 Å². The SMILES string of the molecule is c1ccc(-c2ccc3c(c2)B2c4cc5sc6cc(N(c7ccccc7)c7ccccc7)c7ccccc7c6c5cc4Oc4cccc(c42)O3)cc1. The summed E-state index contributed by atoms with van der Waals surface area (Å²) in [5.74, 6) is 3.51. The molecule has 9 aromatic rings. The van der Waals surface area contributed by atoms with Gasteiger partial charge in [0.25, 0.3) is 6.71 Å². The number of para-hydroxylation sites is 2. The number of hydrogen-bond donors (Lipinski definition) is 0. The molecule has 0 saturated heterocycles. The van der Waals surface area contributed by atoms with Crippen molar-refractivity contribution in [2.75, 3.05) is 4.90 Å². The highest BCUT2D eigenvalue weighted by atomic mass is 32.1. The molecule has 0 amide bonds. The van der Waals surface area contributed by atoms with E-state index in [0.717, 1.165) is 51.0 Å². The van der Waals surface area contributed by atoms with E-state index in [-0.39, 0.29) is 6.71 Å². The average molecular weight is 670 g/mol. The van der Waals surface area contributed by atoms with Crippen molar-refractivity contribution in [2.45, 2.75) is 0 Å². The maximum atomic E-state index is 6.79. The lowest BCUT2D eigenvalue weighted by Gasteiger charge is -2.33. The van der Waals surface area contributed by atoms with Gasteiger partial charge in [0.15, 0.2) is 0 Å². The summed E-state index contributed by atoms with van der Waals surface area (Å²) in [6.45, 7) is -0.0130. The fourth-order valence-electron chi connectivity index (χ4n) is 8.12. The summed E-state index contributed by atoms with van der Waals surface area (Å²) in [4.78, 5) is 2.38. The summed E-state index contributed by atoms with van der Waals surface area (Å²) in [7, 11) is 0. The molecule has 3 heterocycles. The second-order valence-corrected chi connectivity index (χ2v) is 14.3. The summed E-state index contributed by atoms with van der Waals surface area (Å²) in [5, 5.41) is 4.92. The molecule has 0 fully saturated rings. The maximum absolute atomic E-state index is 6.79. The van der Waals surface area contributed by atoms with Crippen molar-refractivity contribution in [3.63, 3.8) is 0 Å². The summed E-state index contributed by atoms with van der Waals surface area (Å²) in [6.07, 6.45) is 0. The van der Waals surface area contributed by atoms with Crippen molar-refractivity contribution >= 4 is 82.4 Å². The minimum absolute atomic E-state index is 0.0130. The third-order valence-electron chi connectivity index (χ3n) is 10.4. The summed E-state index contributed by atoms with van der Waals surface area (Å²) >= 11 is 1.86. The van der Waals surface area contributed by atoms with Crippen LogP contribution in [0.25, 0.3) is 42.1 Å². The van der Waals surface area contributed by atoms with E-state index in [2.05, 4.69) is 169 Å². The van der Waals surface area contributed by atoms with Gasteiger partial charge in [-0.3, -0.25) is 0 Å². The molecule has 0 radical (unpaired) electrons. The molecule has 0 N–H and O–H groups in total. The van der Waals surface area contributed by atoms with Crippen molar-refractivity contribution in [1.29, 1.82) is 0 Å². The number of thiophene rings is 1. The lowest BCUT2D eigenvalue weighted by Crippen LogP contribution is -2.57. The van der Waals surface area contributed by atoms with Gasteiger partial charge in [0.1, 0.15) is 23.0 Å². The Morgan fingerprint density at radius 3 is 1.78 bits per heavy atom. The third-order valence-corrected chi connectivity index (χ3v) is 11.5. The second kappa shape index (κ2) is 11.1. The minimum Gasteiger partial charge on any atom is -0.458 e. The second-order valence-electron chi connectivity index (χ2n) is 13.2. The van der Waals surface area contributed by atoms with Gasteiger partial charge in [-0.2, -0.15) is 0 Å². The van der Waals surface area contributed by atoms with Gasteiger partial charge < -0.3 is 14.4 Å². The Hall–Kier alpha value is -6.30. The van der Waals surface area contributed by atoms with E-state index in [1.54, 1.807) is 0 Å². The number of hydrogen-bond acceptors (Lipinski definition) is 4. The van der Waals surface area contributed by atoms with Crippen LogP contribution in [-0.4, -0.2) is 6.71 Å². The Kier molecular flexibility index (Phi) is 6.22. The standard InChI is InChI=1S/C46H28BNO2S/c1-4-13-29(14-5-1)30-23-24-39-36(25-30)47-37-27-43-35(26-42(37)50-41-22-12-21-40(49-39)46(41)47)45-34-20-11-10-19-33(34)38(28-44(45)51-43)48(31-15-6-2-7-16-31)32-17-8-3-9-18-32/h1-28H. The van der Waals surface area contributed by atoms with Crippen LogP contribution in [0.3, 0.4) is 0 Å². The predicted octanol–water partition coefficient (Wildman–Crippen LogP) is 11.1. The molecule has 238 valence electrons. The number of benzene rings is 8. The predicted molar refractivity (Wildman–Crippen MR) is 215 cm³/mol. The molecule has 51 heavy (non-hydrogen) atoms. The first-order chi connectivity index (χ1) is 25.3. The number of ether oxygens (including phenoxy) is 2. The van der Waals surface area contributed by atoms with E-state index in [1.807, 2.05) is 17.4 Å². The largest absolute Gasteiger partial charge is 0.458 e. The molecule has 5 heteroatoms. The Morgan fingerprint density at radius 1 is 0.431 bits per heavy atom. The van der Waals surface area contributed by atoms with Gasteiger partial charge in [-0.1, -0.05) is 109 Å². The zero-order valence-corrected chi connectivity index (χ0v) is 28.2. The molecule has 8 aromatic carbocycles. The molecule has 1 aromatic heterocycles. The van der Waals surface area contributed by atoms with Crippen LogP contribution in [-0.2, 0) is 0 Å². The summed E-state index contributed by atoms with van der Waals surface area (Å²) in [6, 6.07) is 60.5. The molecule has 3 nitrogen and oxygen atoms in total. The third kappa shape index (κ3) is 4.38. The lowest BCUT2D eigenvalue weighted by atomic mass is 9.34. The minimum atomic E-state index is -0.0130. The van der Waals surface area contributed by atoms with Crippen molar-refractivity contribution < 1.29 is 9.47 Å². The van der Waals surface area contributed by atoms with Crippen molar-refractivity contribution in [3.8, 4) is 34.1 Å². The molecule has 0 aliphatic carbocycles. The van der Waals surface area contributed by atoms with Gasteiger partial charge in [-0.15, -0.1) is 11.3 Å². The van der Waals surface area contributed by atoms with Gasteiger partial charge in [0, 0.05) is 42.4 Å². The molecular formula is C46H28BNO2S. The molecular weight excluding hydrogens is 641 g/mol. The summed E-state index contributed by atoms with van der Waals surface area (Å²) < 4.78 is 15.8. The lowest BCUT2D eigenvalue weighted by molar-refractivity contribution is 0.465. The van der Waals surface area contributed by atoms with Crippen LogP contribution >= 0.6 is 11.3 Å². The van der Waals surface area contributed by atoms with Crippen LogP contribution in [0, 0.1) is 0 Å². The Morgan fingerprint density at radius 2 is 1.06 bits per heavy atom. The first-order valence-corrected chi connectivity index (χ1v) is 18.1. The summed E-state index contributed by atoms with van der Waals surface area (Å²) in [5.41, 5.74) is 9.20. The number of nitrogens with zero attached hydrogens (tertiary/aromatic N) is 1. The highest BCUT2D eigenvalue weighted by molar-refractivity contribution is 7.26. The van der Waals surface area contributed by atoms with Gasteiger partial charge in [-0.05, 0) is 88.1 Å². The van der Waals surface area contributed by atoms with Crippen LogP contribution in [0.4, 0.5) is 17.1 Å². The van der Waals surface area contributed by atoms with Gasteiger partial charge in [0.2, 0.25) is 0 Å². The highest BCUT2D eigenvalue weighted by Crippen LogP contribution is 2.47. The fraction of sp³-hybridized carbons (Fsp3) is 0. The molecule has 11 rings (SSSR count). The van der Waals surface area contributed by atoms with E-state index in [1.165, 1.54) is 47.5 Å². The molecule has 2 aliphatic heterocycles. The van der Waals surface area contributed by atoms with Gasteiger partial charge in [-0.25, -0.2) is 0 Å². The Bertz CT molecular complexity index is 2780. The van der Waals surface area contributed by atoms with Crippen LogP contribution in [0.5, 0.6) is 23.0 Å². The van der Waals surface area contributed by atoms with Gasteiger partial charge in [0.05, 0.1) is 5.69 Å². The van der Waals surface area contributed by atoms with E-state index in [0.29, 0.717) is 0 Å². The zero-order valence-electron chi connectivity index (χ0n) is 27.4. The van der Waals surface area contributed by atoms with Gasteiger partial charge >= 0.3 is 0 Å². The molecule has 0 saturated carbocycles. The molecule has 0 unspecified atom stereocenters. The smallest absolute Gasteiger partial charge is 0.260 e. The molecule has 0 spiro atoms. The number of fused-ring (bicyclic) bond motifs is 9. The monoisotopic (exact) mass is 669 g/mol. The first-order valence-electron chi connectivity index (χ1n) is 17.3. The van der Waals surface area contributed by atoms with E-state index in [9.17, 15) is 0 Å². The van der Waals surface area contributed by atoms with E-state index >= 15 is 0 Å². The molecule has 0 atom stereocenters. The number of anilines is 3. The fourth-order valence-corrected chi connectivity index (χ4v) is 9.31. The average Bonchev–Trinajstić information content (AvgIpc) is 3.55. The topological polar surface area (TPSA) is 21.7 Å². The zero-order chi connectivity index (χ0) is 33.5. The van der Waals surface area contributed by atoms with Crippen LogP contribution in [0.15, 0.2) is 170 Å². The first kappa shape index (κ1) is 28.5. The highest BCUT2D eigenvalue weighted by Gasteiger charge is 2.40. The van der Waals surface area contributed by atoms with Crippen molar-refractivity contribution in [2.24, 2.45) is 0 Å². The van der Waals surface area contributed by atoms with E-state index < -0.39 is 0 Å². The van der Waals surface area contributed by atoms with E-state index in [4.69, 9.17) is 9.47 Å². The quantitative estimate of drug-likeness (QED) is 0.174. The molecule has 0 bridgehead atoms. The number of rotatable bonds is 4. The van der Waals surface area contributed by atoms with Crippen LogP contribution < -0.4 is 30.8 Å². The maximum Gasteiger partial charge on any atom is 0.260 e. The Labute approximate surface area is 299 Å².